The number of carbonyl (C=O) groups is 2. The monoisotopic (exact) mass is 547 g/mol. The van der Waals surface area contributed by atoms with Gasteiger partial charge in [0.25, 0.3) is 11.8 Å². The highest BCUT2D eigenvalue weighted by atomic mass is 79.9. The summed E-state index contributed by atoms with van der Waals surface area (Å²) < 4.78 is 11.6. The summed E-state index contributed by atoms with van der Waals surface area (Å²) >= 11 is 3.42. The van der Waals surface area contributed by atoms with Gasteiger partial charge in [0.15, 0.2) is 6.61 Å². The summed E-state index contributed by atoms with van der Waals surface area (Å²) in [5, 5.41) is 15.0. The number of nitriles is 1. The first-order valence-corrected chi connectivity index (χ1v) is 12.0. The Kier molecular flexibility index (Phi) is 9.25. The lowest BCUT2D eigenvalue weighted by Crippen LogP contribution is -2.20. The van der Waals surface area contributed by atoms with Crippen LogP contribution >= 0.6 is 15.9 Å². The Morgan fingerprint density at radius 3 is 2.39 bits per heavy atom. The van der Waals surface area contributed by atoms with E-state index in [4.69, 9.17) is 9.47 Å². The van der Waals surface area contributed by atoms with Crippen LogP contribution in [0.25, 0.3) is 6.08 Å². The largest absolute Gasteiger partial charge is 0.494 e. The number of anilines is 2. The van der Waals surface area contributed by atoms with Crippen molar-refractivity contribution in [2.75, 3.05) is 23.8 Å². The number of ether oxygens (including phenoxy) is 2. The molecule has 0 heterocycles. The Balaban J connectivity index is 1.61. The van der Waals surface area contributed by atoms with Crippen LogP contribution in [-0.4, -0.2) is 25.0 Å². The van der Waals surface area contributed by atoms with Gasteiger partial charge >= 0.3 is 0 Å². The Bertz CT molecular complexity index is 1330. The molecule has 0 fully saturated rings. The maximum atomic E-state index is 12.6. The van der Waals surface area contributed by atoms with Crippen LogP contribution in [0.4, 0.5) is 11.4 Å². The van der Waals surface area contributed by atoms with Crippen molar-refractivity contribution < 1.29 is 19.1 Å². The van der Waals surface area contributed by atoms with E-state index in [0.29, 0.717) is 33.8 Å². The van der Waals surface area contributed by atoms with Gasteiger partial charge < -0.3 is 20.1 Å². The van der Waals surface area contributed by atoms with Gasteiger partial charge in [-0.1, -0.05) is 23.8 Å². The second kappa shape index (κ2) is 12.6. The number of nitrogens with zero attached hydrogens (tertiary/aromatic N) is 1. The normalized spacial score (nSPS) is 10.8. The van der Waals surface area contributed by atoms with Crippen LogP contribution in [0, 0.1) is 25.2 Å². The fourth-order valence-electron chi connectivity index (χ4n) is 3.32. The maximum absolute atomic E-state index is 12.6. The third kappa shape index (κ3) is 7.45. The fraction of sp³-hybridized carbons (Fsp3) is 0.179. The molecule has 0 aliphatic carbocycles. The molecular formula is C28H26BrN3O4. The lowest BCUT2D eigenvalue weighted by Gasteiger charge is -2.11. The molecule has 0 spiro atoms. The molecule has 7 nitrogen and oxygen atoms in total. The van der Waals surface area contributed by atoms with Crippen molar-refractivity contribution >= 4 is 45.2 Å². The van der Waals surface area contributed by atoms with E-state index in [0.717, 1.165) is 16.8 Å². The molecule has 2 N–H and O–H groups in total. The summed E-state index contributed by atoms with van der Waals surface area (Å²) in [5.41, 5.74) is 3.94. The van der Waals surface area contributed by atoms with Crippen LogP contribution in [0.15, 0.2) is 70.7 Å². The number of amides is 2. The van der Waals surface area contributed by atoms with Crippen LogP contribution in [0.5, 0.6) is 11.5 Å². The van der Waals surface area contributed by atoms with Crippen molar-refractivity contribution in [3.63, 3.8) is 0 Å². The lowest BCUT2D eigenvalue weighted by atomic mass is 10.1. The second-order valence-electron chi connectivity index (χ2n) is 7.93. The third-order valence-electron chi connectivity index (χ3n) is 5.07. The summed E-state index contributed by atoms with van der Waals surface area (Å²) in [7, 11) is 0. The molecule has 0 radical (unpaired) electrons. The van der Waals surface area contributed by atoms with Gasteiger partial charge in [-0.2, -0.15) is 5.26 Å². The number of carbonyl (C=O) groups excluding carboxylic acids is 2. The molecule has 0 aromatic heterocycles. The smallest absolute Gasteiger partial charge is 0.266 e. The van der Waals surface area contributed by atoms with Crippen molar-refractivity contribution in [3.05, 3.63) is 87.4 Å². The molecule has 3 rings (SSSR count). The molecule has 0 aliphatic heterocycles. The highest BCUT2D eigenvalue weighted by molar-refractivity contribution is 9.10. The Hall–Kier alpha value is -4.09. The van der Waals surface area contributed by atoms with E-state index in [1.165, 1.54) is 6.08 Å². The molecule has 3 aromatic carbocycles. The molecule has 0 saturated heterocycles. The highest BCUT2D eigenvalue weighted by Crippen LogP contribution is 2.27. The van der Waals surface area contributed by atoms with Crippen molar-refractivity contribution in [2.45, 2.75) is 20.8 Å². The van der Waals surface area contributed by atoms with Gasteiger partial charge in [0.1, 0.15) is 23.1 Å². The van der Waals surface area contributed by atoms with Crippen LogP contribution in [0.1, 0.15) is 23.6 Å². The van der Waals surface area contributed by atoms with Gasteiger partial charge in [0.05, 0.1) is 11.1 Å². The average Bonchev–Trinajstić information content (AvgIpc) is 2.85. The molecule has 36 heavy (non-hydrogen) atoms. The van der Waals surface area contributed by atoms with Gasteiger partial charge in [-0.3, -0.25) is 9.59 Å². The predicted octanol–water partition coefficient (Wildman–Crippen LogP) is 6.03. The van der Waals surface area contributed by atoms with E-state index in [2.05, 4.69) is 26.6 Å². The first kappa shape index (κ1) is 26.5. The highest BCUT2D eigenvalue weighted by Gasteiger charge is 2.12. The van der Waals surface area contributed by atoms with Crippen LogP contribution in [0.2, 0.25) is 0 Å². The van der Waals surface area contributed by atoms with E-state index in [-0.39, 0.29) is 18.1 Å². The minimum atomic E-state index is -0.527. The third-order valence-corrected chi connectivity index (χ3v) is 5.69. The zero-order valence-electron chi connectivity index (χ0n) is 20.2. The fourth-order valence-corrected chi connectivity index (χ4v) is 3.83. The van der Waals surface area contributed by atoms with Gasteiger partial charge in [-0.15, -0.1) is 0 Å². The summed E-state index contributed by atoms with van der Waals surface area (Å²) in [6.45, 7) is 6.19. The van der Waals surface area contributed by atoms with Crippen LogP contribution < -0.4 is 20.1 Å². The van der Waals surface area contributed by atoms with Crippen LogP contribution in [-0.2, 0) is 9.59 Å². The van der Waals surface area contributed by atoms with Crippen molar-refractivity contribution in [3.8, 4) is 17.6 Å². The summed E-state index contributed by atoms with van der Waals surface area (Å²) in [5.74, 6) is 0.346. The molecule has 0 aliphatic rings. The molecule has 0 atom stereocenters. The predicted molar refractivity (Wildman–Crippen MR) is 144 cm³/mol. The number of hydrogen-bond acceptors (Lipinski definition) is 5. The molecule has 0 saturated carbocycles. The number of halogens is 1. The van der Waals surface area contributed by atoms with E-state index in [1.54, 1.807) is 42.5 Å². The number of benzene rings is 3. The topological polar surface area (TPSA) is 100 Å². The minimum Gasteiger partial charge on any atom is -0.494 e. The molecule has 2 amide bonds. The van der Waals surface area contributed by atoms with Crippen molar-refractivity contribution in [1.82, 2.24) is 0 Å². The Morgan fingerprint density at radius 2 is 1.75 bits per heavy atom. The van der Waals surface area contributed by atoms with Gasteiger partial charge in [-0.25, -0.2) is 0 Å². The first-order valence-electron chi connectivity index (χ1n) is 11.2. The lowest BCUT2D eigenvalue weighted by molar-refractivity contribution is -0.118. The molecular weight excluding hydrogens is 522 g/mol. The second-order valence-corrected chi connectivity index (χ2v) is 8.78. The zero-order valence-corrected chi connectivity index (χ0v) is 21.8. The van der Waals surface area contributed by atoms with E-state index < -0.39 is 5.91 Å². The first-order chi connectivity index (χ1) is 17.3. The maximum Gasteiger partial charge on any atom is 0.266 e. The van der Waals surface area contributed by atoms with Gasteiger partial charge in [0, 0.05) is 11.4 Å². The quantitative estimate of drug-likeness (QED) is 0.251. The number of nitrogens with one attached hydrogen (secondary N) is 2. The van der Waals surface area contributed by atoms with Crippen LogP contribution in [0.3, 0.4) is 0 Å². The zero-order chi connectivity index (χ0) is 26.1. The van der Waals surface area contributed by atoms with E-state index in [1.807, 2.05) is 45.0 Å². The summed E-state index contributed by atoms with van der Waals surface area (Å²) in [4.78, 5) is 24.9. The Labute approximate surface area is 218 Å². The molecule has 0 unspecified atom stereocenters. The van der Waals surface area contributed by atoms with Crippen molar-refractivity contribution in [2.24, 2.45) is 0 Å². The van der Waals surface area contributed by atoms with E-state index in [9.17, 15) is 14.9 Å². The molecule has 184 valence electrons. The molecule has 8 heteroatoms. The van der Waals surface area contributed by atoms with E-state index >= 15 is 0 Å². The SMILES string of the molecule is CCOc1ccc(NC(=O)/C(C#N)=C/c2ccc(OCC(=O)Nc3ccc(C)cc3C)c(Br)c2)cc1. The van der Waals surface area contributed by atoms with Gasteiger partial charge in [0.2, 0.25) is 0 Å². The van der Waals surface area contributed by atoms with Gasteiger partial charge in [-0.05, 0) is 96.4 Å². The summed E-state index contributed by atoms with van der Waals surface area (Å²) in [6, 6.07) is 19.7. The van der Waals surface area contributed by atoms with Crippen molar-refractivity contribution in [1.29, 1.82) is 5.26 Å². The minimum absolute atomic E-state index is 0.0581. The summed E-state index contributed by atoms with van der Waals surface area (Å²) in [6.07, 6.45) is 1.48. The number of rotatable bonds is 9. The number of aryl methyl sites for hydroxylation is 2. The molecule has 0 bridgehead atoms. The standard InChI is InChI=1S/C28H26BrN3O4/c1-4-35-23-9-7-22(8-10-23)31-28(34)21(16-30)14-20-6-12-26(24(29)15-20)36-17-27(33)32-25-11-5-18(2)13-19(25)3/h5-15H,4,17H2,1-3H3,(H,31,34)(H,32,33)/b21-14+. The average molecular weight is 548 g/mol. The molecule has 3 aromatic rings. The Morgan fingerprint density at radius 1 is 1.00 bits per heavy atom. The number of hydrogen-bond donors (Lipinski definition) is 2.